The van der Waals surface area contributed by atoms with E-state index >= 15 is 0 Å². The van der Waals surface area contributed by atoms with Gasteiger partial charge in [-0.15, -0.1) is 12.4 Å². The highest BCUT2D eigenvalue weighted by Gasteiger charge is 2.19. The highest BCUT2D eigenvalue weighted by Crippen LogP contribution is 2.22. The first kappa shape index (κ1) is 16.6. The fourth-order valence-electron chi connectivity index (χ4n) is 3.50. The van der Waals surface area contributed by atoms with Gasteiger partial charge >= 0.3 is 0 Å². The molecular weight excluding hydrogens is 284 g/mol. The Balaban J connectivity index is 0.00000161. The molecular formula is C17H27ClN2O. The smallest absolute Gasteiger partial charge is 0.119 e. The lowest BCUT2D eigenvalue weighted by atomic mass is 9.99. The van der Waals surface area contributed by atoms with E-state index < -0.39 is 0 Å². The number of halogens is 1. The molecule has 0 spiro atoms. The van der Waals surface area contributed by atoms with Crippen LogP contribution in [-0.4, -0.2) is 44.7 Å². The minimum atomic E-state index is 0. The van der Waals surface area contributed by atoms with Crippen molar-refractivity contribution in [3.8, 4) is 5.75 Å². The van der Waals surface area contributed by atoms with Crippen LogP contribution in [0.2, 0.25) is 0 Å². The Bertz CT molecular complexity index is 446. The second kappa shape index (κ2) is 8.02. The third kappa shape index (κ3) is 4.35. The van der Waals surface area contributed by atoms with Crippen molar-refractivity contribution in [3.05, 3.63) is 29.3 Å². The average molecular weight is 311 g/mol. The van der Waals surface area contributed by atoms with Crippen LogP contribution in [0.4, 0.5) is 0 Å². The number of rotatable bonds is 3. The van der Waals surface area contributed by atoms with E-state index in [9.17, 15) is 0 Å². The van der Waals surface area contributed by atoms with Crippen LogP contribution in [0.3, 0.4) is 0 Å². The molecule has 118 valence electrons. The molecule has 1 saturated heterocycles. The summed E-state index contributed by atoms with van der Waals surface area (Å²) in [6.07, 6.45) is 5.08. The summed E-state index contributed by atoms with van der Waals surface area (Å²) in [5, 5.41) is 3.53. The van der Waals surface area contributed by atoms with Crippen molar-refractivity contribution in [1.29, 1.82) is 0 Å². The summed E-state index contributed by atoms with van der Waals surface area (Å²) in [5.74, 6) is 1.84. The minimum absolute atomic E-state index is 0. The van der Waals surface area contributed by atoms with Crippen molar-refractivity contribution in [3.63, 3.8) is 0 Å². The van der Waals surface area contributed by atoms with Crippen molar-refractivity contribution in [2.45, 2.75) is 25.7 Å². The summed E-state index contributed by atoms with van der Waals surface area (Å²) in [7, 11) is 1.75. The summed E-state index contributed by atoms with van der Waals surface area (Å²) in [4.78, 5) is 2.66. The highest BCUT2D eigenvalue weighted by atomic mass is 35.5. The Hall–Kier alpha value is -0.770. The molecule has 0 aromatic heterocycles. The average Bonchev–Trinajstić information content (AvgIpc) is 2.70. The number of methoxy groups -OCH3 is 1. The minimum Gasteiger partial charge on any atom is -0.497 e. The zero-order valence-electron chi connectivity index (χ0n) is 12.9. The topological polar surface area (TPSA) is 24.5 Å². The van der Waals surface area contributed by atoms with Gasteiger partial charge in [-0.2, -0.15) is 0 Å². The molecule has 0 radical (unpaired) electrons. The lowest BCUT2D eigenvalue weighted by Crippen LogP contribution is -2.39. The molecule has 0 saturated carbocycles. The zero-order chi connectivity index (χ0) is 13.8. The van der Waals surface area contributed by atoms with E-state index in [4.69, 9.17) is 4.74 Å². The largest absolute Gasteiger partial charge is 0.497 e. The monoisotopic (exact) mass is 310 g/mol. The second-order valence-corrected chi connectivity index (χ2v) is 6.15. The first-order valence-corrected chi connectivity index (χ1v) is 7.94. The van der Waals surface area contributed by atoms with Gasteiger partial charge < -0.3 is 15.0 Å². The molecule has 1 aromatic carbocycles. The van der Waals surface area contributed by atoms with Gasteiger partial charge in [0, 0.05) is 19.6 Å². The predicted octanol–water partition coefficient (Wildman–Crippen LogP) is 2.52. The van der Waals surface area contributed by atoms with E-state index in [1.807, 2.05) is 0 Å². The van der Waals surface area contributed by atoms with Crippen LogP contribution in [-0.2, 0) is 12.8 Å². The summed E-state index contributed by atoms with van der Waals surface area (Å²) in [5.41, 5.74) is 2.99. The Morgan fingerprint density at radius 2 is 2.05 bits per heavy atom. The number of ether oxygens (including phenoxy) is 1. The molecule has 2 heterocycles. The van der Waals surface area contributed by atoms with E-state index in [1.165, 1.54) is 63.1 Å². The summed E-state index contributed by atoms with van der Waals surface area (Å²) in [6.45, 7) is 6.07. The normalized spacial score (nSPS) is 22.8. The van der Waals surface area contributed by atoms with E-state index in [2.05, 4.69) is 28.4 Å². The maximum atomic E-state index is 5.35. The molecule has 1 fully saturated rings. The predicted molar refractivity (Wildman–Crippen MR) is 89.7 cm³/mol. The van der Waals surface area contributed by atoms with Crippen LogP contribution in [0.25, 0.3) is 0 Å². The third-order valence-corrected chi connectivity index (χ3v) is 4.72. The van der Waals surface area contributed by atoms with Gasteiger partial charge in [-0.05, 0) is 68.0 Å². The Morgan fingerprint density at radius 1 is 1.24 bits per heavy atom. The molecule has 0 aliphatic carbocycles. The lowest BCUT2D eigenvalue weighted by molar-refractivity contribution is 0.215. The Morgan fingerprint density at radius 3 is 2.76 bits per heavy atom. The molecule has 2 aliphatic rings. The number of piperidine rings is 1. The van der Waals surface area contributed by atoms with Crippen LogP contribution in [0.1, 0.15) is 24.0 Å². The molecule has 1 N–H and O–H groups in total. The van der Waals surface area contributed by atoms with Crippen molar-refractivity contribution >= 4 is 12.4 Å². The molecule has 4 heteroatoms. The Labute approximate surface area is 134 Å². The van der Waals surface area contributed by atoms with E-state index in [1.54, 1.807) is 7.11 Å². The van der Waals surface area contributed by atoms with Crippen molar-refractivity contribution in [1.82, 2.24) is 10.2 Å². The zero-order valence-corrected chi connectivity index (χ0v) is 13.8. The van der Waals surface area contributed by atoms with Gasteiger partial charge in [0.1, 0.15) is 5.75 Å². The van der Waals surface area contributed by atoms with Crippen LogP contribution in [0.15, 0.2) is 18.2 Å². The van der Waals surface area contributed by atoms with E-state index in [-0.39, 0.29) is 12.4 Å². The van der Waals surface area contributed by atoms with Gasteiger partial charge in [0.25, 0.3) is 0 Å². The van der Waals surface area contributed by atoms with E-state index in [0.29, 0.717) is 0 Å². The maximum Gasteiger partial charge on any atom is 0.119 e. The summed E-state index contributed by atoms with van der Waals surface area (Å²) in [6, 6.07) is 6.57. The van der Waals surface area contributed by atoms with Crippen molar-refractivity contribution in [2.24, 2.45) is 5.92 Å². The molecule has 1 atom stereocenters. The molecule has 21 heavy (non-hydrogen) atoms. The molecule has 3 rings (SSSR count). The first-order valence-electron chi connectivity index (χ1n) is 7.94. The standard InChI is InChI=1S/C17H26N2O.ClH/c1-20-17-5-4-15-6-9-19(10-7-16(15)11-17)13-14-3-2-8-18-12-14;/h4-5,11,14,18H,2-3,6-10,12-13H2,1H3;1H. The molecule has 1 unspecified atom stereocenters. The number of nitrogens with zero attached hydrogens (tertiary/aromatic N) is 1. The van der Waals surface area contributed by atoms with Gasteiger partial charge in [0.2, 0.25) is 0 Å². The van der Waals surface area contributed by atoms with Gasteiger partial charge in [-0.1, -0.05) is 6.07 Å². The fourth-order valence-corrected chi connectivity index (χ4v) is 3.50. The van der Waals surface area contributed by atoms with Crippen LogP contribution in [0, 0.1) is 5.92 Å². The number of nitrogens with one attached hydrogen (secondary N) is 1. The van der Waals surface area contributed by atoms with Crippen LogP contribution in [0.5, 0.6) is 5.75 Å². The van der Waals surface area contributed by atoms with Crippen LogP contribution >= 0.6 is 12.4 Å². The SMILES string of the molecule is COc1ccc2c(c1)CCN(CC1CCCNC1)CC2.Cl. The van der Waals surface area contributed by atoms with E-state index in [0.717, 1.165) is 18.1 Å². The van der Waals surface area contributed by atoms with Gasteiger partial charge in [0.05, 0.1) is 7.11 Å². The fraction of sp³-hybridized carbons (Fsp3) is 0.647. The van der Waals surface area contributed by atoms with Crippen molar-refractivity contribution in [2.75, 3.05) is 39.8 Å². The summed E-state index contributed by atoms with van der Waals surface area (Å²) >= 11 is 0. The maximum absolute atomic E-state index is 5.35. The number of benzene rings is 1. The first-order chi connectivity index (χ1) is 9.85. The Kier molecular flexibility index (Phi) is 6.34. The molecule has 0 bridgehead atoms. The molecule has 2 aliphatic heterocycles. The quantitative estimate of drug-likeness (QED) is 0.928. The van der Waals surface area contributed by atoms with Gasteiger partial charge in [0.15, 0.2) is 0 Å². The number of hydrogen-bond acceptors (Lipinski definition) is 3. The van der Waals surface area contributed by atoms with Crippen LogP contribution < -0.4 is 10.1 Å². The second-order valence-electron chi connectivity index (χ2n) is 6.15. The third-order valence-electron chi connectivity index (χ3n) is 4.72. The molecule has 1 aromatic rings. The molecule has 0 amide bonds. The van der Waals surface area contributed by atoms with Crippen molar-refractivity contribution < 1.29 is 4.74 Å². The number of hydrogen-bond donors (Lipinski definition) is 1. The van der Waals surface area contributed by atoms with Gasteiger partial charge in [-0.3, -0.25) is 0 Å². The highest BCUT2D eigenvalue weighted by molar-refractivity contribution is 5.85. The summed E-state index contributed by atoms with van der Waals surface area (Å²) < 4.78 is 5.35. The lowest BCUT2D eigenvalue weighted by Gasteiger charge is -2.29. The number of fused-ring (bicyclic) bond motifs is 1. The molecule has 3 nitrogen and oxygen atoms in total. The van der Waals surface area contributed by atoms with Gasteiger partial charge in [-0.25, -0.2) is 0 Å².